The summed E-state index contributed by atoms with van der Waals surface area (Å²) in [5.41, 5.74) is 1.44. The van der Waals surface area contributed by atoms with Crippen molar-refractivity contribution < 1.29 is 9.00 Å². The van der Waals surface area contributed by atoms with Crippen LogP contribution >= 0.6 is 0 Å². The molecule has 0 bridgehead atoms. The van der Waals surface area contributed by atoms with E-state index in [0.717, 1.165) is 12.1 Å². The summed E-state index contributed by atoms with van der Waals surface area (Å²) < 4.78 is 11.0. The molecule has 18 heavy (non-hydrogen) atoms. The molecular formula is C13H20N2O2S. The van der Waals surface area contributed by atoms with Crippen LogP contribution < -0.4 is 10.6 Å². The van der Waals surface area contributed by atoms with E-state index < -0.39 is 10.8 Å². The molecular weight excluding hydrogens is 248 g/mol. The molecule has 0 aliphatic carbocycles. The molecule has 0 aromatic heterocycles. The number of carbonyl (C=O) groups is 1. The predicted molar refractivity (Wildman–Crippen MR) is 76.5 cm³/mol. The molecule has 0 fully saturated rings. The van der Waals surface area contributed by atoms with Gasteiger partial charge >= 0.3 is 0 Å². The third-order valence-electron chi connectivity index (χ3n) is 2.66. The fraction of sp³-hybridized carbons (Fsp3) is 0.462. The minimum Gasteiger partial charge on any atom is -0.387 e. The van der Waals surface area contributed by atoms with Crippen molar-refractivity contribution in [3.05, 3.63) is 29.8 Å². The average molecular weight is 268 g/mol. The molecule has 100 valence electrons. The first-order chi connectivity index (χ1) is 8.54. The summed E-state index contributed by atoms with van der Waals surface area (Å²) in [6, 6.07) is 7.38. The van der Waals surface area contributed by atoms with Crippen LogP contribution in [-0.4, -0.2) is 35.2 Å². The first kappa shape index (κ1) is 14.7. The van der Waals surface area contributed by atoms with E-state index in [1.165, 1.54) is 0 Å². The Morgan fingerprint density at radius 2 is 2.06 bits per heavy atom. The number of amides is 1. The lowest BCUT2D eigenvalue weighted by molar-refractivity contribution is 0.0940. The molecule has 1 amide bonds. The number of rotatable bonds is 6. The third-order valence-corrected chi connectivity index (χ3v) is 3.47. The van der Waals surface area contributed by atoms with E-state index in [1.807, 2.05) is 25.1 Å². The van der Waals surface area contributed by atoms with Crippen molar-refractivity contribution in [2.45, 2.75) is 19.4 Å². The summed E-state index contributed by atoms with van der Waals surface area (Å²) in [7, 11) is 0.972. The second-order valence-electron chi connectivity index (χ2n) is 4.24. The van der Waals surface area contributed by atoms with Gasteiger partial charge in [0.2, 0.25) is 0 Å². The van der Waals surface area contributed by atoms with Crippen molar-refractivity contribution in [3.8, 4) is 0 Å². The van der Waals surface area contributed by atoms with Crippen molar-refractivity contribution in [3.63, 3.8) is 0 Å². The van der Waals surface area contributed by atoms with Crippen LogP contribution in [0, 0.1) is 0 Å². The Balaban J connectivity index is 2.62. The Kier molecular flexibility index (Phi) is 5.85. The minimum atomic E-state index is -0.815. The van der Waals surface area contributed by atoms with Gasteiger partial charge < -0.3 is 10.6 Å². The van der Waals surface area contributed by atoms with Gasteiger partial charge in [-0.05, 0) is 25.5 Å². The summed E-state index contributed by atoms with van der Waals surface area (Å²) in [6.45, 7) is 1.92. The summed E-state index contributed by atoms with van der Waals surface area (Å²) >= 11 is 0. The molecule has 1 rings (SSSR count). The molecule has 0 spiro atoms. The molecule has 0 heterocycles. The zero-order valence-corrected chi connectivity index (χ0v) is 11.8. The molecule has 0 aliphatic rings. The molecule has 4 nitrogen and oxygen atoms in total. The van der Waals surface area contributed by atoms with Gasteiger partial charge in [-0.1, -0.05) is 12.1 Å². The van der Waals surface area contributed by atoms with Crippen LogP contribution in [-0.2, 0) is 10.8 Å². The smallest absolute Gasteiger partial charge is 0.253 e. The van der Waals surface area contributed by atoms with Crippen LogP contribution in [0.4, 0.5) is 5.69 Å². The Bertz CT molecular complexity index is 435. The summed E-state index contributed by atoms with van der Waals surface area (Å²) in [5.74, 6) is 0.504. The molecule has 0 radical (unpaired) electrons. The maximum atomic E-state index is 12.1. The normalized spacial score (nSPS) is 13.7. The number of para-hydroxylation sites is 1. The van der Waals surface area contributed by atoms with Crippen LogP contribution in [0.15, 0.2) is 24.3 Å². The molecule has 0 aliphatic heterocycles. The standard InChI is InChI=1S/C13H20N2O2S/c1-10(8-9-18(3)17)15-13(16)11-6-4-5-7-12(11)14-2/h4-7,10,14H,8-9H2,1-3H3,(H,15,16). The van der Waals surface area contributed by atoms with Crippen LogP contribution in [0.1, 0.15) is 23.7 Å². The maximum absolute atomic E-state index is 12.1. The van der Waals surface area contributed by atoms with Gasteiger partial charge in [0.25, 0.3) is 5.91 Å². The second kappa shape index (κ2) is 7.16. The third kappa shape index (κ3) is 4.49. The van der Waals surface area contributed by atoms with E-state index in [-0.39, 0.29) is 11.9 Å². The number of carbonyl (C=O) groups excluding carboxylic acids is 1. The van der Waals surface area contributed by atoms with Gasteiger partial charge in [-0.2, -0.15) is 0 Å². The van der Waals surface area contributed by atoms with Crippen molar-refractivity contribution in [2.24, 2.45) is 0 Å². The number of hydrogen-bond donors (Lipinski definition) is 2. The SMILES string of the molecule is CNc1ccccc1C(=O)NC(C)CCS(C)=O. The highest BCUT2D eigenvalue weighted by atomic mass is 32.2. The summed E-state index contributed by atoms with van der Waals surface area (Å²) in [6.07, 6.45) is 2.39. The molecule has 0 saturated heterocycles. The van der Waals surface area contributed by atoms with Gasteiger partial charge in [-0.15, -0.1) is 0 Å². The van der Waals surface area contributed by atoms with Crippen molar-refractivity contribution >= 4 is 22.4 Å². The monoisotopic (exact) mass is 268 g/mol. The molecule has 5 heteroatoms. The van der Waals surface area contributed by atoms with Crippen molar-refractivity contribution in [2.75, 3.05) is 24.4 Å². The van der Waals surface area contributed by atoms with Gasteiger partial charge in [0.15, 0.2) is 0 Å². The molecule has 2 unspecified atom stereocenters. The highest BCUT2D eigenvalue weighted by molar-refractivity contribution is 7.84. The fourth-order valence-corrected chi connectivity index (χ4v) is 2.30. The van der Waals surface area contributed by atoms with E-state index in [0.29, 0.717) is 11.3 Å². The Hall–Kier alpha value is -1.36. The van der Waals surface area contributed by atoms with Crippen LogP contribution in [0.5, 0.6) is 0 Å². The number of benzene rings is 1. The predicted octanol–water partition coefficient (Wildman–Crippen LogP) is 1.62. The van der Waals surface area contributed by atoms with E-state index in [1.54, 1.807) is 19.4 Å². The van der Waals surface area contributed by atoms with Gasteiger partial charge in [0, 0.05) is 41.6 Å². The highest BCUT2D eigenvalue weighted by Gasteiger charge is 2.12. The second-order valence-corrected chi connectivity index (χ2v) is 5.79. The zero-order valence-electron chi connectivity index (χ0n) is 11.0. The van der Waals surface area contributed by atoms with Crippen LogP contribution in [0.2, 0.25) is 0 Å². The molecule has 2 N–H and O–H groups in total. The number of hydrogen-bond acceptors (Lipinski definition) is 3. The zero-order chi connectivity index (χ0) is 13.5. The summed E-state index contributed by atoms with van der Waals surface area (Å²) in [4.78, 5) is 12.1. The van der Waals surface area contributed by atoms with Crippen LogP contribution in [0.3, 0.4) is 0 Å². The van der Waals surface area contributed by atoms with E-state index in [4.69, 9.17) is 0 Å². The number of nitrogens with one attached hydrogen (secondary N) is 2. The highest BCUT2D eigenvalue weighted by Crippen LogP contribution is 2.14. The van der Waals surface area contributed by atoms with Gasteiger partial charge in [0.1, 0.15) is 0 Å². The molecule has 1 aromatic carbocycles. The Morgan fingerprint density at radius 1 is 1.39 bits per heavy atom. The van der Waals surface area contributed by atoms with E-state index >= 15 is 0 Å². The van der Waals surface area contributed by atoms with Crippen molar-refractivity contribution in [1.82, 2.24) is 5.32 Å². The van der Waals surface area contributed by atoms with Gasteiger partial charge in [-0.3, -0.25) is 9.00 Å². The lowest BCUT2D eigenvalue weighted by Crippen LogP contribution is -2.33. The van der Waals surface area contributed by atoms with E-state index in [9.17, 15) is 9.00 Å². The average Bonchev–Trinajstić information content (AvgIpc) is 2.36. The fourth-order valence-electron chi connectivity index (χ4n) is 1.62. The maximum Gasteiger partial charge on any atom is 0.253 e. The summed E-state index contributed by atoms with van der Waals surface area (Å²) in [5, 5.41) is 5.90. The first-order valence-electron chi connectivity index (χ1n) is 5.92. The lowest BCUT2D eigenvalue weighted by atomic mass is 10.1. The quantitative estimate of drug-likeness (QED) is 0.824. The Morgan fingerprint density at radius 3 is 2.67 bits per heavy atom. The van der Waals surface area contributed by atoms with Crippen LogP contribution in [0.25, 0.3) is 0 Å². The first-order valence-corrected chi connectivity index (χ1v) is 7.65. The Labute approximate surface area is 111 Å². The van der Waals surface area contributed by atoms with Gasteiger partial charge in [-0.25, -0.2) is 0 Å². The number of anilines is 1. The molecule has 1 aromatic rings. The lowest BCUT2D eigenvalue weighted by Gasteiger charge is -2.15. The molecule has 2 atom stereocenters. The van der Waals surface area contributed by atoms with E-state index in [2.05, 4.69) is 10.6 Å². The minimum absolute atomic E-state index is 0.0197. The largest absolute Gasteiger partial charge is 0.387 e. The van der Waals surface area contributed by atoms with Gasteiger partial charge in [0.05, 0.1) is 5.56 Å². The topological polar surface area (TPSA) is 58.2 Å². The molecule has 0 saturated carbocycles. The van der Waals surface area contributed by atoms with Crippen molar-refractivity contribution in [1.29, 1.82) is 0 Å².